The molecule has 5 nitrogen and oxygen atoms in total. The van der Waals surface area contributed by atoms with Crippen molar-refractivity contribution in [2.75, 3.05) is 6.61 Å². The average Bonchev–Trinajstić information content (AvgIpc) is 3.16. The van der Waals surface area contributed by atoms with Crippen molar-refractivity contribution in [1.29, 1.82) is 0 Å². The number of unbranched alkanes of at least 4 members (excludes halogenated alkanes) is 34. The zero-order valence-electron chi connectivity index (χ0n) is 35.9. The predicted molar refractivity (Wildman–Crippen MR) is 232 cm³/mol. The van der Waals surface area contributed by atoms with Crippen LogP contribution in [0.4, 0.5) is 0 Å². The van der Waals surface area contributed by atoms with Gasteiger partial charge in [-0.15, -0.1) is 0 Å². The Kier molecular flexibility index (Phi) is 43.1. The summed E-state index contributed by atoms with van der Waals surface area (Å²) in [6.07, 6.45) is 52.0. The predicted octanol–water partition coefficient (Wildman–Crippen LogP) is 14.0. The first-order chi connectivity index (χ1) is 26.1. The van der Waals surface area contributed by atoms with Gasteiger partial charge in [0.2, 0.25) is 5.91 Å². The minimum Gasteiger partial charge on any atom is -0.394 e. The van der Waals surface area contributed by atoms with Crippen molar-refractivity contribution in [3.63, 3.8) is 0 Å². The third-order valence-electron chi connectivity index (χ3n) is 11.4. The lowest BCUT2D eigenvalue weighted by Crippen LogP contribution is -2.50. The van der Waals surface area contributed by atoms with Crippen molar-refractivity contribution in [3.8, 4) is 0 Å². The van der Waals surface area contributed by atoms with E-state index in [9.17, 15) is 20.1 Å². The molecule has 316 valence electrons. The molecule has 0 aromatic carbocycles. The fourth-order valence-corrected chi connectivity index (χ4v) is 7.63. The molecule has 0 bridgehead atoms. The van der Waals surface area contributed by atoms with E-state index < -0.39 is 18.2 Å². The minimum atomic E-state index is -1.15. The summed E-state index contributed by atoms with van der Waals surface area (Å²) in [6, 6.07) is -0.820. The number of allylic oxidation sites excluding steroid dienone is 2. The second kappa shape index (κ2) is 43.8. The van der Waals surface area contributed by atoms with Crippen LogP contribution in [-0.2, 0) is 4.79 Å². The molecule has 3 unspecified atom stereocenters. The molecule has 0 aromatic rings. The van der Waals surface area contributed by atoms with Gasteiger partial charge in [-0.1, -0.05) is 231 Å². The first-order valence-corrected chi connectivity index (χ1v) is 24.0. The molecule has 0 aliphatic heterocycles. The van der Waals surface area contributed by atoms with Gasteiger partial charge in [0.25, 0.3) is 0 Å². The number of amides is 1. The summed E-state index contributed by atoms with van der Waals surface area (Å²) in [4.78, 5) is 12.4. The van der Waals surface area contributed by atoms with Crippen LogP contribution in [0.5, 0.6) is 0 Å². The lowest BCUT2D eigenvalue weighted by Gasteiger charge is -2.26. The van der Waals surface area contributed by atoms with Gasteiger partial charge in [0.05, 0.1) is 18.8 Å². The molecule has 0 aliphatic rings. The molecule has 0 fully saturated rings. The Balaban J connectivity index is 3.53. The van der Waals surface area contributed by atoms with Crippen molar-refractivity contribution in [2.24, 2.45) is 0 Å². The van der Waals surface area contributed by atoms with E-state index in [1.54, 1.807) is 0 Å². The van der Waals surface area contributed by atoms with E-state index in [0.717, 1.165) is 38.5 Å². The van der Waals surface area contributed by atoms with Crippen molar-refractivity contribution in [3.05, 3.63) is 12.2 Å². The topological polar surface area (TPSA) is 89.8 Å². The highest BCUT2D eigenvalue weighted by Crippen LogP contribution is 2.17. The average molecular weight is 750 g/mol. The number of aliphatic hydroxyl groups is 3. The van der Waals surface area contributed by atoms with E-state index in [1.807, 2.05) is 0 Å². The Morgan fingerprint density at radius 1 is 0.453 bits per heavy atom. The molecular weight excluding hydrogens is 655 g/mol. The van der Waals surface area contributed by atoms with Crippen molar-refractivity contribution >= 4 is 5.91 Å². The number of carbonyl (C=O) groups excluding carboxylic acids is 1. The van der Waals surface area contributed by atoms with Crippen LogP contribution in [0.1, 0.15) is 264 Å². The molecule has 0 aliphatic carbocycles. The number of aliphatic hydroxyl groups excluding tert-OH is 3. The van der Waals surface area contributed by atoms with Crippen LogP contribution in [0.15, 0.2) is 12.2 Å². The SMILES string of the molecule is CCCCCCCCCC/C=C/CCCC(O)C(O)C(CO)NC(=O)CCCCCCCCCCCCCCCCCCCCCCCCCCCC. The lowest BCUT2D eigenvalue weighted by atomic mass is 10.0. The smallest absolute Gasteiger partial charge is 0.220 e. The third kappa shape index (κ3) is 39.1. The summed E-state index contributed by atoms with van der Waals surface area (Å²) in [6.45, 7) is 4.18. The molecule has 0 saturated heterocycles. The summed E-state index contributed by atoms with van der Waals surface area (Å²) >= 11 is 0. The van der Waals surface area contributed by atoms with E-state index in [-0.39, 0.29) is 12.5 Å². The molecule has 4 N–H and O–H groups in total. The second-order valence-electron chi connectivity index (χ2n) is 16.7. The Labute approximate surface area is 331 Å². The Hall–Kier alpha value is -0.910. The van der Waals surface area contributed by atoms with E-state index in [4.69, 9.17) is 0 Å². The monoisotopic (exact) mass is 750 g/mol. The highest BCUT2D eigenvalue weighted by atomic mass is 16.3. The molecule has 0 aromatic heterocycles. The van der Waals surface area contributed by atoms with Gasteiger partial charge in [0.1, 0.15) is 6.10 Å². The van der Waals surface area contributed by atoms with Gasteiger partial charge in [0, 0.05) is 6.42 Å². The Morgan fingerprint density at radius 2 is 0.755 bits per heavy atom. The summed E-state index contributed by atoms with van der Waals surface area (Å²) in [5.41, 5.74) is 0. The minimum absolute atomic E-state index is 0.150. The summed E-state index contributed by atoms with van der Waals surface area (Å²) in [5.74, 6) is -0.150. The largest absolute Gasteiger partial charge is 0.394 e. The van der Waals surface area contributed by atoms with Crippen molar-refractivity contribution in [1.82, 2.24) is 5.32 Å². The van der Waals surface area contributed by atoms with E-state index in [0.29, 0.717) is 12.8 Å². The summed E-state index contributed by atoms with van der Waals surface area (Å²) < 4.78 is 0. The van der Waals surface area contributed by atoms with Gasteiger partial charge >= 0.3 is 0 Å². The highest BCUT2D eigenvalue weighted by Gasteiger charge is 2.26. The van der Waals surface area contributed by atoms with Gasteiger partial charge in [-0.2, -0.15) is 0 Å². The Morgan fingerprint density at radius 3 is 1.09 bits per heavy atom. The van der Waals surface area contributed by atoms with Crippen LogP contribution in [-0.4, -0.2) is 46.1 Å². The molecule has 0 spiro atoms. The molecule has 0 heterocycles. The van der Waals surface area contributed by atoms with Crippen LogP contribution in [0.2, 0.25) is 0 Å². The zero-order valence-corrected chi connectivity index (χ0v) is 35.9. The molecule has 0 radical (unpaired) electrons. The molecule has 1 amide bonds. The van der Waals surface area contributed by atoms with Gasteiger partial charge in [-0.3, -0.25) is 4.79 Å². The van der Waals surface area contributed by atoms with E-state index >= 15 is 0 Å². The molecule has 3 atom stereocenters. The number of nitrogens with one attached hydrogen (secondary N) is 1. The normalized spacial score (nSPS) is 13.5. The fourth-order valence-electron chi connectivity index (χ4n) is 7.63. The lowest BCUT2D eigenvalue weighted by molar-refractivity contribution is -0.124. The van der Waals surface area contributed by atoms with E-state index in [2.05, 4.69) is 31.3 Å². The van der Waals surface area contributed by atoms with Crippen LogP contribution in [0.25, 0.3) is 0 Å². The van der Waals surface area contributed by atoms with Crippen LogP contribution < -0.4 is 5.32 Å². The van der Waals surface area contributed by atoms with Gasteiger partial charge in [0.15, 0.2) is 0 Å². The first kappa shape index (κ1) is 52.1. The van der Waals surface area contributed by atoms with Gasteiger partial charge < -0.3 is 20.6 Å². The molecule has 53 heavy (non-hydrogen) atoms. The summed E-state index contributed by atoms with van der Waals surface area (Å²) in [5, 5.41) is 33.5. The maximum atomic E-state index is 12.4. The standard InChI is InChI=1S/C48H95NO4/c1-3-5-7-9-11-13-15-17-18-19-20-21-22-23-24-25-26-27-28-29-31-33-35-37-39-41-43-47(52)49-45(44-50)48(53)46(51)42-40-38-36-34-32-30-16-14-12-10-8-6-4-2/h34,36,45-46,48,50-51,53H,3-33,35,37-44H2,1-2H3,(H,49,52)/b36-34+. The number of hydrogen-bond acceptors (Lipinski definition) is 4. The molecule has 5 heteroatoms. The quantitative estimate of drug-likeness (QED) is 0.0369. The maximum Gasteiger partial charge on any atom is 0.220 e. The van der Waals surface area contributed by atoms with E-state index in [1.165, 1.54) is 199 Å². The number of carbonyl (C=O) groups is 1. The molecular formula is C48H95NO4. The zero-order chi connectivity index (χ0) is 38.7. The summed E-state index contributed by atoms with van der Waals surface area (Å²) in [7, 11) is 0. The third-order valence-corrected chi connectivity index (χ3v) is 11.4. The maximum absolute atomic E-state index is 12.4. The highest BCUT2D eigenvalue weighted by molar-refractivity contribution is 5.76. The fraction of sp³-hybridized carbons (Fsp3) is 0.938. The van der Waals surface area contributed by atoms with Crippen LogP contribution in [0.3, 0.4) is 0 Å². The van der Waals surface area contributed by atoms with Crippen molar-refractivity contribution < 1.29 is 20.1 Å². The first-order valence-electron chi connectivity index (χ1n) is 24.0. The second-order valence-corrected chi connectivity index (χ2v) is 16.7. The van der Waals surface area contributed by atoms with Crippen molar-refractivity contribution in [2.45, 2.75) is 283 Å². The molecule has 0 rings (SSSR count). The molecule has 0 saturated carbocycles. The number of rotatable bonds is 44. The van der Waals surface area contributed by atoms with Crippen LogP contribution >= 0.6 is 0 Å². The van der Waals surface area contributed by atoms with Gasteiger partial charge in [-0.05, 0) is 38.5 Å². The van der Waals surface area contributed by atoms with Crippen LogP contribution in [0, 0.1) is 0 Å². The van der Waals surface area contributed by atoms with Gasteiger partial charge in [-0.25, -0.2) is 0 Å². The Bertz CT molecular complexity index is 743. The number of hydrogen-bond donors (Lipinski definition) is 4.